The van der Waals surface area contributed by atoms with E-state index in [1.807, 2.05) is 30.3 Å². The first-order valence-electron chi connectivity index (χ1n) is 4.93. The van der Waals surface area contributed by atoms with Crippen LogP contribution in [0.25, 0.3) is 0 Å². The number of carbonyl (C=O) groups excluding carboxylic acids is 1. The molecule has 1 aromatic carbocycles. The van der Waals surface area contributed by atoms with Crippen molar-refractivity contribution in [3.63, 3.8) is 0 Å². The molecule has 0 fully saturated rings. The third kappa shape index (κ3) is 2.37. The molecule has 1 aromatic rings. The zero-order valence-corrected chi connectivity index (χ0v) is 8.60. The Labute approximate surface area is 88.5 Å². The Kier molecular flexibility index (Phi) is 2.72. The minimum absolute atomic E-state index is 0.137. The normalized spacial score (nSPS) is 14.7. The monoisotopic (exact) mass is 200 g/mol. The van der Waals surface area contributed by atoms with Gasteiger partial charge >= 0.3 is 0 Å². The van der Waals surface area contributed by atoms with Gasteiger partial charge in [-0.15, -0.1) is 0 Å². The summed E-state index contributed by atoms with van der Waals surface area (Å²) >= 11 is 0. The Bertz CT molecular complexity index is 432. The SMILES string of the molecule is CC(=O)CC1=NN=C(c2ccccc2)C1. The van der Waals surface area contributed by atoms with E-state index >= 15 is 0 Å². The molecule has 0 radical (unpaired) electrons. The first-order chi connectivity index (χ1) is 7.25. The van der Waals surface area contributed by atoms with Gasteiger partial charge in [0.2, 0.25) is 0 Å². The molecule has 0 spiro atoms. The van der Waals surface area contributed by atoms with Crippen LogP contribution in [0.1, 0.15) is 25.3 Å². The van der Waals surface area contributed by atoms with Gasteiger partial charge in [-0.25, -0.2) is 0 Å². The number of nitrogens with zero attached hydrogens (tertiary/aromatic N) is 2. The molecule has 0 saturated carbocycles. The number of Topliss-reactive ketones (excluding diaryl/α,β-unsaturated/α-hetero) is 1. The van der Waals surface area contributed by atoms with Crippen molar-refractivity contribution < 1.29 is 4.79 Å². The highest BCUT2D eigenvalue weighted by Crippen LogP contribution is 2.13. The van der Waals surface area contributed by atoms with E-state index in [-0.39, 0.29) is 5.78 Å². The molecule has 0 unspecified atom stereocenters. The molecular weight excluding hydrogens is 188 g/mol. The van der Waals surface area contributed by atoms with Crippen molar-refractivity contribution in [3.05, 3.63) is 35.9 Å². The predicted molar refractivity (Wildman–Crippen MR) is 60.3 cm³/mol. The van der Waals surface area contributed by atoms with Crippen molar-refractivity contribution in [1.82, 2.24) is 0 Å². The van der Waals surface area contributed by atoms with Crippen LogP contribution in [0.2, 0.25) is 0 Å². The van der Waals surface area contributed by atoms with Gasteiger partial charge in [-0.05, 0) is 12.5 Å². The number of ketones is 1. The molecule has 0 bridgehead atoms. The largest absolute Gasteiger partial charge is 0.300 e. The van der Waals surface area contributed by atoms with Gasteiger partial charge in [0, 0.05) is 12.8 Å². The Morgan fingerprint density at radius 3 is 2.67 bits per heavy atom. The lowest BCUT2D eigenvalue weighted by molar-refractivity contribution is -0.115. The smallest absolute Gasteiger partial charge is 0.135 e. The molecule has 15 heavy (non-hydrogen) atoms. The maximum Gasteiger partial charge on any atom is 0.135 e. The van der Waals surface area contributed by atoms with Crippen molar-refractivity contribution in [1.29, 1.82) is 0 Å². The van der Waals surface area contributed by atoms with Crippen LogP contribution in [0.5, 0.6) is 0 Å². The number of rotatable bonds is 3. The summed E-state index contributed by atoms with van der Waals surface area (Å²) in [5, 5.41) is 8.11. The van der Waals surface area contributed by atoms with E-state index in [2.05, 4.69) is 10.2 Å². The summed E-state index contributed by atoms with van der Waals surface area (Å²) in [6, 6.07) is 9.92. The average Bonchev–Trinajstić information content (AvgIpc) is 2.67. The molecule has 2 rings (SSSR count). The maximum atomic E-state index is 10.9. The summed E-state index contributed by atoms with van der Waals surface area (Å²) < 4.78 is 0. The van der Waals surface area contributed by atoms with Gasteiger partial charge < -0.3 is 0 Å². The van der Waals surface area contributed by atoms with Crippen molar-refractivity contribution in [2.24, 2.45) is 10.2 Å². The molecule has 0 aromatic heterocycles. The van der Waals surface area contributed by atoms with Crippen LogP contribution in [0, 0.1) is 0 Å². The Morgan fingerprint density at radius 2 is 2.00 bits per heavy atom. The zero-order chi connectivity index (χ0) is 10.7. The van der Waals surface area contributed by atoms with Crippen LogP contribution in [-0.2, 0) is 4.79 Å². The van der Waals surface area contributed by atoms with Crippen molar-refractivity contribution in [2.45, 2.75) is 19.8 Å². The Hall–Kier alpha value is -1.77. The van der Waals surface area contributed by atoms with Gasteiger partial charge in [0.25, 0.3) is 0 Å². The zero-order valence-electron chi connectivity index (χ0n) is 8.60. The van der Waals surface area contributed by atoms with E-state index in [9.17, 15) is 4.79 Å². The fourth-order valence-electron chi connectivity index (χ4n) is 1.57. The third-order valence-corrected chi connectivity index (χ3v) is 2.24. The lowest BCUT2D eigenvalue weighted by atomic mass is 10.0. The molecule has 1 aliphatic rings. The Morgan fingerprint density at radius 1 is 1.27 bits per heavy atom. The van der Waals surface area contributed by atoms with Gasteiger partial charge in [0.1, 0.15) is 5.78 Å². The second kappa shape index (κ2) is 4.17. The molecular formula is C12H12N2O. The standard InChI is InChI=1S/C12H12N2O/c1-9(15)7-11-8-12(14-13-11)10-5-3-2-4-6-10/h2-6H,7-8H2,1H3. The fraction of sp³-hybridized carbons (Fsp3) is 0.250. The second-order valence-electron chi connectivity index (χ2n) is 3.63. The van der Waals surface area contributed by atoms with Crippen LogP contribution in [-0.4, -0.2) is 17.2 Å². The maximum absolute atomic E-state index is 10.9. The molecule has 0 amide bonds. The van der Waals surface area contributed by atoms with E-state index in [1.54, 1.807) is 6.92 Å². The quantitative estimate of drug-likeness (QED) is 0.737. The van der Waals surface area contributed by atoms with Crippen molar-refractivity contribution in [3.8, 4) is 0 Å². The third-order valence-electron chi connectivity index (χ3n) is 2.24. The summed E-state index contributed by atoms with van der Waals surface area (Å²) in [4.78, 5) is 10.9. The van der Waals surface area contributed by atoms with Crippen LogP contribution < -0.4 is 0 Å². The van der Waals surface area contributed by atoms with Gasteiger partial charge in [-0.1, -0.05) is 30.3 Å². The van der Waals surface area contributed by atoms with Crippen LogP contribution in [0.15, 0.2) is 40.5 Å². The van der Waals surface area contributed by atoms with E-state index < -0.39 is 0 Å². The van der Waals surface area contributed by atoms with E-state index in [0.717, 1.165) is 17.0 Å². The number of hydrogen-bond acceptors (Lipinski definition) is 3. The van der Waals surface area contributed by atoms with Crippen molar-refractivity contribution in [2.75, 3.05) is 0 Å². The van der Waals surface area contributed by atoms with Gasteiger partial charge in [-0.3, -0.25) is 4.79 Å². The van der Waals surface area contributed by atoms with E-state index in [0.29, 0.717) is 12.8 Å². The van der Waals surface area contributed by atoms with Crippen molar-refractivity contribution >= 4 is 17.2 Å². The van der Waals surface area contributed by atoms with Crippen LogP contribution in [0.3, 0.4) is 0 Å². The van der Waals surface area contributed by atoms with Crippen LogP contribution >= 0.6 is 0 Å². The highest BCUT2D eigenvalue weighted by Gasteiger charge is 2.14. The van der Waals surface area contributed by atoms with E-state index in [4.69, 9.17) is 0 Å². The molecule has 0 atom stereocenters. The summed E-state index contributed by atoms with van der Waals surface area (Å²) in [6.45, 7) is 1.57. The molecule has 76 valence electrons. The molecule has 3 nitrogen and oxygen atoms in total. The highest BCUT2D eigenvalue weighted by molar-refractivity contribution is 6.18. The molecule has 3 heteroatoms. The van der Waals surface area contributed by atoms with Gasteiger partial charge in [0.05, 0.1) is 11.4 Å². The van der Waals surface area contributed by atoms with Crippen LogP contribution in [0.4, 0.5) is 0 Å². The predicted octanol–water partition coefficient (Wildman–Crippen LogP) is 2.21. The molecule has 0 N–H and O–H groups in total. The number of benzene rings is 1. The lowest BCUT2D eigenvalue weighted by Gasteiger charge is -1.99. The number of carbonyl (C=O) groups is 1. The fourth-order valence-corrected chi connectivity index (χ4v) is 1.57. The second-order valence-corrected chi connectivity index (χ2v) is 3.63. The van der Waals surface area contributed by atoms with Gasteiger partial charge in [-0.2, -0.15) is 10.2 Å². The summed E-state index contributed by atoms with van der Waals surface area (Å²) in [5.74, 6) is 0.137. The average molecular weight is 200 g/mol. The molecule has 1 aliphatic heterocycles. The molecule has 0 aliphatic carbocycles. The van der Waals surface area contributed by atoms with E-state index in [1.165, 1.54) is 0 Å². The Balaban J connectivity index is 2.05. The summed E-state index contributed by atoms with van der Waals surface area (Å²) in [6.07, 6.45) is 1.11. The first kappa shape index (κ1) is 9.77. The topological polar surface area (TPSA) is 41.8 Å². The summed E-state index contributed by atoms with van der Waals surface area (Å²) in [7, 11) is 0. The minimum Gasteiger partial charge on any atom is -0.300 e. The lowest BCUT2D eigenvalue weighted by Crippen LogP contribution is -2.07. The van der Waals surface area contributed by atoms with Gasteiger partial charge in [0.15, 0.2) is 0 Å². The highest BCUT2D eigenvalue weighted by atomic mass is 16.1. The molecule has 1 heterocycles. The first-order valence-corrected chi connectivity index (χ1v) is 4.93. The minimum atomic E-state index is 0.137. The molecule has 0 saturated heterocycles. The number of hydrogen-bond donors (Lipinski definition) is 0. The summed E-state index contributed by atoms with van der Waals surface area (Å²) in [5.41, 5.74) is 2.90.